The predicted octanol–water partition coefficient (Wildman–Crippen LogP) is 1.42. The summed E-state index contributed by atoms with van der Waals surface area (Å²) in [6, 6.07) is 4.15. The molecule has 3 N–H and O–H groups in total. The van der Waals surface area contributed by atoms with Crippen molar-refractivity contribution in [2.24, 2.45) is 13.0 Å². The molecule has 2 aromatic rings. The van der Waals surface area contributed by atoms with Gasteiger partial charge in [0.15, 0.2) is 5.03 Å². The summed E-state index contributed by atoms with van der Waals surface area (Å²) >= 11 is 0. The van der Waals surface area contributed by atoms with Crippen LogP contribution in [0.4, 0.5) is 10.5 Å². The Labute approximate surface area is 224 Å². The summed E-state index contributed by atoms with van der Waals surface area (Å²) in [7, 11) is -0.722. The van der Waals surface area contributed by atoms with Crippen LogP contribution in [-0.2, 0) is 28.3 Å². The number of nitrogens with one attached hydrogen (secondary N) is 2. The lowest BCUT2D eigenvalue weighted by Crippen LogP contribution is -2.48. The van der Waals surface area contributed by atoms with Crippen molar-refractivity contribution in [2.45, 2.75) is 57.3 Å². The number of urea groups is 1. The van der Waals surface area contributed by atoms with Crippen LogP contribution in [0.5, 0.6) is 5.75 Å². The molecule has 1 aromatic heterocycles. The number of hydrogen-bond donors (Lipinski definition) is 3. The summed E-state index contributed by atoms with van der Waals surface area (Å²) < 4.78 is 35.4. The second kappa shape index (κ2) is 12.1. The fraction of sp³-hybridized carbons (Fsp3) is 0.560. The van der Waals surface area contributed by atoms with Gasteiger partial charge in [-0.05, 0) is 39.0 Å². The van der Waals surface area contributed by atoms with Crippen molar-refractivity contribution in [2.75, 3.05) is 32.1 Å². The van der Waals surface area contributed by atoms with E-state index in [2.05, 4.69) is 15.6 Å². The van der Waals surface area contributed by atoms with Gasteiger partial charge >= 0.3 is 6.03 Å². The normalized spacial score (nSPS) is 19.3. The van der Waals surface area contributed by atoms with Crippen LogP contribution in [-0.4, -0.2) is 89.2 Å². The Morgan fingerprint density at radius 1 is 1.32 bits per heavy atom. The molecule has 0 bridgehead atoms. The van der Waals surface area contributed by atoms with Crippen LogP contribution in [0.15, 0.2) is 35.7 Å². The van der Waals surface area contributed by atoms with E-state index < -0.39 is 22.2 Å². The van der Waals surface area contributed by atoms with E-state index in [1.807, 2.05) is 20.8 Å². The molecule has 0 radical (unpaired) electrons. The van der Waals surface area contributed by atoms with Crippen molar-refractivity contribution >= 4 is 27.6 Å². The molecular formula is C25H38N6O6S. The third-order valence-corrected chi connectivity index (χ3v) is 8.10. The van der Waals surface area contributed by atoms with E-state index in [0.29, 0.717) is 17.0 Å². The van der Waals surface area contributed by atoms with Crippen LogP contribution in [0.25, 0.3) is 0 Å². The highest BCUT2D eigenvalue weighted by molar-refractivity contribution is 7.89. The second-order valence-electron chi connectivity index (χ2n) is 10.1. The van der Waals surface area contributed by atoms with E-state index in [9.17, 15) is 23.1 Å². The van der Waals surface area contributed by atoms with Gasteiger partial charge in [0.05, 0.1) is 31.9 Å². The number of rotatable bonds is 8. The van der Waals surface area contributed by atoms with E-state index in [4.69, 9.17) is 4.74 Å². The smallest absolute Gasteiger partial charge is 0.319 e. The Morgan fingerprint density at radius 2 is 2.03 bits per heavy atom. The summed E-state index contributed by atoms with van der Waals surface area (Å²) in [5, 5.41) is 15.2. The first-order chi connectivity index (χ1) is 17.8. The van der Waals surface area contributed by atoms with Gasteiger partial charge in [0.2, 0.25) is 5.91 Å². The van der Waals surface area contributed by atoms with Crippen LogP contribution >= 0.6 is 0 Å². The van der Waals surface area contributed by atoms with Crippen molar-refractivity contribution in [3.05, 3.63) is 36.3 Å². The Bertz CT molecular complexity index is 1250. The number of sulfonamides is 1. The molecule has 1 aromatic carbocycles. The summed E-state index contributed by atoms with van der Waals surface area (Å²) in [5.74, 6) is -0.0656. The number of carbonyl (C=O) groups excluding carboxylic acids is 2. The van der Waals surface area contributed by atoms with E-state index in [1.54, 1.807) is 41.6 Å². The van der Waals surface area contributed by atoms with Crippen LogP contribution in [0.2, 0.25) is 0 Å². The minimum atomic E-state index is -3.88. The molecule has 3 atom stereocenters. The summed E-state index contributed by atoms with van der Waals surface area (Å²) in [6.07, 6.45) is 2.22. The molecule has 13 heteroatoms. The van der Waals surface area contributed by atoms with Gasteiger partial charge in [-0.1, -0.05) is 6.92 Å². The maximum atomic E-state index is 13.3. The molecule has 0 fully saturated rings. The Morgan fingerprint density at radius 3 is 2.63 bits per heavy atom. The maximum absolute atomic E-state index is 13.3. The molecule has 0 saturated heterocycles. The molecule has 38 heavy (non-hydrogen) atoms. The van der Waals surface area contributed by atoms with Gasteiger partial charge in [-0.3, -0.25) is 4.79 Å². The number of ether oxygens (including phenoxy) is 1. The summed E-state index contributed by atoms with van der Waals surface area (Å²) in [5.41, 5.74) is 1.03. The first kappa shape index (κ1) is 29.4. The Balaban J connectivity index is 1.95. The van der Waals surface area contributed by atoms with Crippen molar-refractivity contribution in [3.8, 4) is 5.75 Å². The molecule has 1 aliphatic heterocycles. The number of amides is 3. The van der Waals surface area contributed by atoms with Gasteiger partial charge < -0.3 is 29.9 Å². The molecular weight excluding hydrogens is 512 g/mol. The van der Waals surface area contributed by atoms with E-state index in [-0.39, 0.29) is 55.0 Å². The number of nitrogens with zero attached hydrogens (tertiary/aromatic N) is 4. The third kappa shape index (κ3) is 7.03. The van der Waals surface area contributed by atoms with Crippen molar-refractivity contribution in [1.29, 1.82) is 0 Å². The molecule has 0 unspecified atom stereocenters. The minimum Gasteiger partial charge on any atom is -0.488 e. The molecule has 12 nitrogen and oxygen atoms in total. The number of hydrogen-bond acceptors (Lipinski definition) is 7. The van der Waals surface area contributed by atoms with Gasteiger partial charge in [0.1, 0.15) is 11.9 Å². The fourth-order valence-corrected chi connectivity index (χ4v) is 5.33. The van der Waals surface area contributed by atoms with Gasteiger partial charge in [-0.25, -0.2) is 18.2 Å². The molecule has 2 heterocycles. The number of anilines is 1. The fourth-order valence-electron chi connectivity index (χ4n) is 4.19. The molecule has 1 aliphatic rings. The van der Waals surface area contributed by atoms with Gasteiger partial charge in [0.25, 0.3) is 10.0 Å². The molecule has 210 valence electrons. The Kier molecular flexibility index (Phi) is 9.39. The molecule has 3 amide bonds. The quantitative estimate of drug-likeness (QED) is 0.451. The van der Waals surface area contributed by atoms with Crippen LogP contribution in [0.1, 0.15) is 33.3 Å². The number of fused-ring (bicyclic) bond motifs is 1. The molecule has 0 saturated carbocycles. The van der Waals surface area contributed by atoms with E-state index >= 15 is 0 Å². The highest BCUT2D eigenvalue weighted by Gasteiger charge is 2.34. The molecule has 3 rings (SSSR count). The van der Waals surface area contributed by atoms with E-state index in [1.165, 1.54) is 23.9 Å². The lowest BCUT2D eigenvalue weighted by Gasteiger charge is -2.33. The number of carbonyl (C=O) groups is 2. The van der Waals surface area contributed by atoms with Crippen molar-refractivity contribution < 1.29 is 27.9 Å². The molecule has 0 spiro atoms. The highest BCUT2D eigenvalue weighted by Crippen LogP contribution is 2.29. The monoisotopic (exact) mass is 550 g/mol. The largest absolute Gasteiger partial charge is 0.488 e. The predicted molar refractivity (Wildman–Crippen MR) is 142 cm³/mol. The SMILES string of the molecule is CC(C)NC(=O)Nc1ccc2c(c1)CC(=O)N([C@H](C)CO)C[C@H](C)[C@H](CN(C)S(=O)(=O)c1cn(C)cn1)O2. The number of likely N-dealkylation sites (N-methyl/N-ethyl adjacent to an activating group) is 1. The van der Waals surface area contributed by atoms with Crippen LogP contribution in [0.3, 0.4) is 0 Å². The number of benzene rings is 1. The zero-order valence-electron chi connectivity index (χ0n) is 22.7. The van der Waals surface area contributed by atoms with Crippen LogP contribution < -0.4 is 15.4 Å². The number of aliphatic hydroxyl groups excluding tert-OH is 1. The number of aliphatic hydroxyl groups is 1. The average molecular weight is 551 g/mol. The lowest BCUT2D eigenvalue weighted by atomic mass is 10.0. The van der Waals surface area contributed by atoms with Gasteiger partial charge in [-0.2, -0.15) is 4.31 Å². The van der Waals surface area contributed by atoms with Gasteiger partial charge in [0, 0.05) is 50.0 Å². The first-order valence-corrected chi connectivity index (χ1v) is 14.0. The third-order valence-electron chi connectivity index (χ3n) is 6.39. The maximum Gasteiger partial charge on any atom is 0.319 e. The van der Waals surface area contributed by atoms with Crippen molar-refractivity contribution in [3.63, 3.8) is 0 Å². The van der Waals surface area contributed by atoms with Crippen molar-refractivity contribution in [1.82, 2.24) is 24.1 Å². The van der Waals surface area contributed by atoms with Crippen LogP contribution in [0, 0.1) is 5.92 Å². The topological polar surface area (TPSA) is 146 Å². The second-order valence-corrected chi connectivity index (χ2v) is 12.1. The van der Waals surface area contributed by atoms with E-state index in [0.717, 1.165) is 0 Å². The number of imidazole rings is 1. The minimum absolute atomic E-state index is 0.00580. The zero-order valence-corrected chi connectivity index (χ0v) is 23.5. The summed E-state index contributed by atoms with van der Waals surface area (Å²) in [4.78, 5) is 31.1. The highest BCUT2D eigenvalue weighted by atomic mass is 32.2. The first-order valence-electron chi connectivity index (χ1n) is 12.5. The number of aromatic nitrogens is 2. The molecule has 0 aliphatic carbocycles. The Hall–Kier alpha value is -3.16. The zero-order chi connectivity index (χ0) is 28.2. The standard InChI is InChI=1S/C25H38N6O6S/c1-16(2)27-25(34)28-20-7-8-21-19(9-20)10-24(33)31(18(4)14-32)11-17(3)22(37-21)12-30(6)38(35,36)23-13-29(5)15-26-23/h7-9,13,15-18,22,32H,10-12,14H2,1-6H3,(H2,27,28,34)/t17-,18+,22-/m0/s1. The summed E-state index contributed by atoms with van der Waals surface area (Å²) in [6.45, 7) is 7.38. The number of aryl methyl sites for hydroxylation is 1. The van der Waals surface area contributed by atoms with Gasteiger partial charge in [-0.15, -0.1) is 0 Å². The average Bonchev–Trinajstić information content (AvgIpc) is 3.29. The lowest BCUT2D eigenvalue weighted by molar-refractivity contribution is -0.134.